The van der Waals surface area contributed by atoms with Gasteiger partial charge in [0, 0.05) is 24.6 Å². The van der Waals surface area contributed by atoms with Crippen LogP contribution in [0.1, 0.15) is 63.1 Å². The Hall–Kier alpha value is -3.46. The molecule has 12 nitrogen and oxygen atoms in total. The fourth-order valence-electron chi connectivity index (χ4n) is 4.06. The summed E-state index contributed by atoms with van der Waals surface area (Å²) in [5.41, 5.74) is 7.13. The first-order chi connectivity index (χ1) is 19.6. The molecule has 1 heterocycles. The molecule has 1 amide bonds. The van der Waals surface area contributed by atoms with Crippen molar-refractivity contribution in [2.45, 2.75) is 70.1 Å². The van der Waals surface area contributed by atoms with Gasteiger partial charge in [0.05, 0.1) is 36.3 Å². The monoisotopic (exact) mass is 609 g/mol. The first kappa shape index (κ1) is 34.7. The van der Waals surface area contributed by atoms with Gasteiger partial charge in [0.15, 0.2) is 0 Å². The van der Waals surface area contributed by atoms with E-state index >= 15 is 0 Å². The maximum atomic E-state index is 13.7. The molecule has 1 aromatic heterocycles. The number of nitrogens with one attached hydrogen (secondary N) is 1. The van der Waals surface area contributed by atoms with Gasteiger partial charge in [0.25, 0.3) is 0 Å². The summed E-state index contributed by atoms with van der Waals surface area (Å²) < 4.78 is 39.0. The van der Waals surface area contributed by atoms with Crippen molar-refractivity contribution in [2.75, 3.05) is 24.2 Å². The van der Waals surface area contributed by atoms with Gasteiger partial charge in [-0.2, -0.15) is 0 Å². The van der Waals surface area contributed by atoms with Gasteiger partial charge in [0.2, 0.25) is 21.9 Å². The number of unbranched alkanes of at least 4 members (excludes halogenated alkanes) is 1. The molecule has 0 spiro atoms. The summed E-state index contributed by atoms with van der Waals surface area (Å²) in [6.07, 6.45) is 2.14. The van der Waals surface area contributed by atoms with Crippen molar-refractivity contribution in [3.63, 3.8) is 0 Å². The standard InChI is InChI=1S/C28H40FN5O7S/c1-17(2)25-22(26(18-8-10-19(29)11-9-18)33-28(32-25)34(3)42(4,40)41)13-12-20(35)15-21(36)16-24(37)31-23(27(38)39)7-5-6-14-30/h8-13,17,20-21,23,35-36H,5-7,14-16,30H2,1-4H3,(H,31,37)(H,38,39)/t20-,21+,23-/m0/s1. The number of nitrogens with two attached hydrogens (primary N) is 1. The Morgan fingerprint density at radius 1 is 1.14 bits per heavy atom. The van der Waals surface area contributed by atoms with E-state index in [1.807, 2.05) is 13.8 Å². The topological polar surface area (TPSA) is 196 Å². The summed E-state index contributed by atoms with van der Waals surface area (Å²) in [7, 11) is -2.37. The minimum absolute atomic E-state index is 0.0812. The SMILES string of the molecule is CC(C)c1nc(N(C)S(C)(=O)=O)nc(-c2ccc(F)cc2)c1C=C[C@H](O)C[C@@H](O)CC(=O)N[C@@H](CCCCN)C(=O)O. The van der Waals surface area contributed by atoms with E-state index in [0.717, 1.165) is 10.6 Å². The summed E-state index contributed by atoms with van der Waals surface area (Å²) in [5.74, 6) is -2.62. The summed E-state index contributed by atoms with van der Waals surface area (Å²) in [5, 5.41) is 32.7. The van der Waals surface area contributed by atoms with E-state index in [1.165, 1.54) is 43.5 Å². The zero-order valence-corrected chi connectivity index (χ0v) is 25.0. The lowest BCUT2D eigenvalue weighted by atomic mass is 9.97. The number of carboxylic acids is 1. The number of benzene rings is 1. The Morgan fingerprint density at radius 2 is 1.79 bits per heavy atom. The van der Waals surface area contributed by atoms with Crippen LogP contribution in [0.25, 0.3) is 17.3 Å². The predicted octanol–water partition coefficient (Wildman–Crippen LogP) is 2.02. The molecule has 6 N–H and O–H groups in total. The van der Waals surface area contributed by atoms with E-state index in [0.29, 0.717) is 41.9 Å². The number of amides is 1. The van der Waals surface area contributed by atoms with Crippen LogP contribution >= 0.6 is 0 Å². The molecule has 0 unspecified atom stereocenters. The number of carbonyl (C=O) groups excluding carboxylic acids is 1. The Bertz CT molecular complexity index is 1350. The molecule has 0 saturated carbocycles. The second kappa shape index (κ2) is 15.7. The Labute approximate surface area is 245 Å². The number of hydrogen-bond acceptors (Lipinski definition) is 9. The largest absolute Gasteiger partial charge is 0.480 e. The van der Waals surface area contributed by atoms with E-state index in [4.69, 9.17) is 5.73 Å². The molecule has 1 aromatic carbocycles. The third-order valence-corrected chi connectivity index (χ3v) is 7.57. The fourth-order valence-corrected chi connectivity index (χ4v) is 4.44. The number of anilines is 1. The average Bonchev–Trinajstić information content (AvgIpc) is 2.90. The number of carboxylic acid groups (broad SMARTS) is 1. The van der Waals surface area contributed by atoms with Gasteiger partial charge >= 0.3 is 5.97 Å². The number of sulfonamides is 1. The number of nitrogens with zero attached hydrogens (tertiary/aromatic N) is 3. The van der Waals surface area contributed by atoms with Crippen molar-refractivity contribution in [3.8, 4) is 11.3 Å². The molecule has 3 atom stereocenters. The van der Waals surface area contributed by atoms with Gasteiger partial charge in [-0.15, -0.1) is 0 Å². The van der Waals surface area contributed by atoms with Crippen LogP contribution in [-0.2, 0) is 19.6 Å². The summed E-state index contributed by atoms with van der Waals surface area (Å²) in [6.45, 7) is 4.09. The van der Waals surface area contributed by atoms with Crippen LogP contribution in [0.15, 0.2) is 30.3 Å². The zero-order chi connectivity index (χ0) is 31.6. The second-order valence-electron chi connectivity index (χ2n) is 10.3. The molecule has 232 valence electrons. The van der Waals surface area contributed by atoms with Crippen molar-refractivity contribution in [2.24, 2.45) is 5.73 Å². The molecule has 0 saturated heterocycles. The molecule has 0 aliphatic carbocycles. The quantitative estimate of drug-likeness (QED) is 0.176. The minimum Gasteiger partial charge on any atom is -0.480 e. The molecular weight excluding hydrogens is 569 g/mol. The predicted molar refractivity (Wildman–Crippen MR) is 158 cm³/mol. The number of aliphatic carboxylic acids is 1. The number of carbonyl (C=O) groups is 2. The van der Waals surface area contributed by atoms with Crippen LogP contribution in [0.4, 0.5) is 10.3 Å². The number of aromatic nitrogens is 2. The van der Waals surface area contributed by atoms with Crippen LogP contribution in [-0.4, -0.2) is 83.7 Å². The van der Waals surface area contributed by atoms with Gasteiger partial charge in [-0.25, -0.2) is 31.9 Å². The Morgan fingerprint density at radius 3 is 2.33 bits per heavy atom. The molecule has 42 heavy (non-hydrogen) atoms. The molecule has 0 aliphatic rings. The second-order valence-corrected chi connectivity index (χ2v) is 12.3. The molecule has 0 aliphatic heterocycles. The minimum atomic E-state index is -3.69. The highest BCUT2D eigenvalue weighted by atomic mass is 32.2. The summed E-state index contributed by atoms with van der Waals surface area (Å²) in [6, 6.07) is 4.35. The van der Waals surface area contributed by atoms with E-state index in [-0.39, 0.29) is 24.7 Å². The Balaban J connectivity index is 2.30. The van der Waals surface area contributed by atoms with E-state index in [1.54, 1.807) is 0 Å². The molecule has 0 fully saturated rings. The van der Waals surface area contributed by atoms with Crippen LogP contribution in [0, 0.1) is 5.82 Å². The van der Waals surface area contributed by atoms with Gasteiger partial charge in [-0.1, -0.05) is 26.0 Å². The zero-order valence-electron chi connectivity index (χ0n) is 24.2. The maximum Gasteiger partial charge on any atom is 0.326 e. The van der Waals surface area contributed by atoms with Gasteiger partial charge in [-0.05, 0) is 56.0 Å². The lowest BCUT2D eigenvalue weighted by molar-refractivity contribution is -0.142. The normalized spacial score (nSPS) is 14.1. The first-order valence-corrected chi connectivity index (χ1v) is 15.4. The highest BCUT2D eigenvalue weighted by Gasteiger charge is 2.24. The number of aliphatic hydroxyl groups is 2. The van der Waals surface area contributed by atoms with Crippen molar-refractivity contribution in [3.05, 3.63) is 47.4 Å². The third kappa shape index (κ3) is 10.4. The summed E-state index contributed by atoms with van der Waals surface area (Å²) in [4.78, 5) is 32.7. The van der Waals surface area contributed by atoms with Gasteiger partial charge < -0.3 is 26.4 Å². The van der Waals surface area contributed by atoms with E-state index in [9.17, 15) is 37.7 Å². The van der Waals surface area contributed by atoms with E-state index < -0.39 is 52.4 Å². The highest BCUT2D eigenvalue weighted by Crippen LogP contribution is 2.31. The lowest BCUT2D eigenvalue weighted by Gasteiger charge is -2.20. The number of rotatable bonds is 16. The third-order valence-electron chi connectivity index (χ3n) is 6.41. The number of halogens is 1. The fraction of sp³-hybridized carbons (Fsp3) is 0.500. The van der Waals surface area contributed by atoms with Crippen LogP contribution in [0.5, 0.6) is 0 Å². The van der Waals surface area contributed by atoms with Crippen molar-refractivity contribution < 1.29 is 37.7 Å². The molecule has 0 bridgehead atoms. The molecule has 2 rings (SSSR count). The Kier molecular flexibility index (Phi) is 13.0. The van der Waals surface area contributed by atoms with Crippen LogP contribution in [0.2, 0.25) is 0 Å². The summed E-state index contributed by atoms with van der Waals surface area (Å²) >= 11 is 0. The first-order valence-electron chi connectivity index (χ1n) is 13.5. The lowest BCUT2D eigenvalue weighted by Crippen LogP contribution is -2.42. The van der Waals surface area contributed by atoms with Crippen LogP contribution in [0.3, 0.4) is 0 Å². The molecule has 2 aromatic rings. The van der Waals surface area contributed by atoms with Crippen LogP contribution < -0.4 is 15.4 Å². The van der Waals surface area contributed by atoms with Crippen molar-refractivity contribution in [1.82, 2.24) is 15.3 Å². The number of aliphatic hydroxyl groups excluding tert-OH is 2. The maximum absolute atomic E-state index is 13.7. The van der Waals surface area contributed by atoms with Gasteiger partial charge in [-0.3, -0.25) is 4.79 Å². The number of hydrogen-bond donors (Lipinski definition) is 5. The molecular formula is C28H40FN5O7S. The van der Waals surface area contributed by atoms with E-state index in [2.05, 4.69) is 15.3 Å². The van der Waals surface area contributed by atoms with Crippen molar-refractivity contribution in [1.29, 1.82) is 0 Å². The molecule has 0 radical (unpaired) electrons. The van der Waals surface area contributed by atoms with Gasteiger partial charge in [0.1, 0.15) is 11.9 Å². The highest BCUT2D eigenvalue weighted by molar-refractivity contribution is 7.92. The average molecular weight is 610 g/mol. The molecule has 14 heteroatoms. The van der Waals surface area contributed by atoms with Crippen molar-refractivity contribution >= 4 is 33.9 Å². The smallest absolute Gasteiger partial charge is 0.326 e.